The predicted octanol–water partition coefficient (Wildman–Crippen LogP) is 2.04. The molecule has 0 saturated carbocycles. The average Bonchev–Trinajstić information content (AvgIpc) is 2.50. The highest BCUT2D eigenvalue weighted by atomic mass is 16.5. The molecule has 0 amide bonds. The lowest BCUT2D eigenvalue weighted by Gasteiger charge is -2.12. The molecule has 5 heteroatoms. The molecule has 0 fully saturated rings. The van der Waals surface area contributed by atoms with E-state index in [2.05, 4.69) is 22.5 Å². The number of rotatable bonds is 8. The van der Waals surface area contributed by atoms with Crippen LogP contribution in [0.3, 0.4) is 0 Å². The number of ether oxygens (including phenoxy) is 2. The Hall–Kier alpha value is -1.91. The third-order valence-corrected chi connectivity index (χ3v) is 2.75. The van der Waals surface area contributed by atoms with Crippen molar-refractivity contribution in [2.24, 2.45) is 4.99 Å². The standard InChI is InChI=1S/C15H25N3O2/c1-4-5-9-17-15(16-2)18-10-11-20-14-8-6-7-13(12-14)19-3/h6-8,12H,4-5,9-11H2,1-3H3,(H2,16,17,18). The minimum absolute atomic E-state index is 0.571. The van der Waals surface area contributed by atoms with E-state index in [1.54, 1.807) is 14.2 Å². The van der Waals surface area contributed by atoms with Gasteiger partial charge in [0.05, 0.1) is 13.7 Å². The third kappa shape index (κ3) is 6.31. The molecule has 0 aliphatic rings. The van der Waals surface area contributed by atoms with Gasteiger partial charge in [0.2, 0.25) is 0 Å². The Morgan fingerprint density at radius 2 is 1.95 bits per heavy atom. The lowest BCUT2D eigenvalue weighted by molar-refractivity contribution is 0.319. The molecule has 0 bridgehead atoms. The van der Waals surface area contributed by atoms with Gasteiger partial charge >= 0.3 is 0 Å². The van der Waals surface area contributed by atoms with Crippen molar-refractivity contribution in [3.8, 4) is 11.5 Å². The monoisotopic (exact) mass is 279 g/mol. The SMILES string of the molecule is CCCCNC(=NC)NCCOc1cccc(OC)c1. The molecule has 2 N–H and O–H groups in total. The Balaban J connectivity index is 2.22. The van der Waals surface area contributed by atoms with Gasteiger partial charge in [-0.2, -0.15) is 0 Å². The molecule has 0 aromatic heterocycles. The first kappa shape index (κ1) is 16.1. The highest BCUT2D eigenvalue weighted by Gasteiger charge is 1.98. The quantitative estimate of drug-likeness (QED) is 0.434. The first-order valence-corrected chi connectivity index (χ1v) is 7.01. The van der Waals surface area contributed by atoms with Crippen LogP contribution in [0.5, 0.6) is 11.5 Å². The Morgan fingerprint density at radius 3 is 2.65 bits per heavy atom. The van der Waals surface area contributed by atoms with E-state index >= 15 is 0 Å². The Kier molecular flexibility index (Phi) is 8.03. The highest BCUT2D eigenvalue weighted by Crippen LogP contribution is 2.18. The summed E-state index contributed by atoms with van der Waals surface area (Å²) in [6.45, 7) is 4.37. The lowest BCUT2D eigenvalue weighted by atomic mass is 10.3. The van der Waals surface area contributed by atoms with Crippen LogP contribution in [0.4, 0.5) is 0 Å². The van der Waals surface area contributed by atoms with Crippen molar-refractivity contribution in [3.63, 3.8) is 0 Å². The summed E-state index contributed by atoms with van der Waals surface area (Å²) in [7, 11) is 3.41. The molecular weight excluding hydrogens is 254 g/mol. The van der Waals surface area contributed by atoms with Crippen molar-refractivity contribution < 1.29 is 9.47 Å². The van der Waals surface area contributed by atoms with Gasteiger partial charge in [0.15, 0.2) is 5.96 Å². The number of guanidine groups is 1. The van der Waals surface area contributed by atoms with Crippen LogP contribution < -0.4 is 20.1 Å². The van der Waals surface area contributed by atoms with E-state index < -0.39 is 0 Å². The summed E-state index contributed by atoms with van der Waals surface area (Å²) in [5, 5.41) is 6.46. The molecule has 0 saturated heterocycles. The van der Waals surface area contributed by atoms with Crippen molar-refractivity contribution in [2.75, 3.05) is 33.9 Å². The maximum Gasteiger partial charge on any atom is 0.191 e. The Morgan fingerprint density at radius 1 is 1.20 bits per heavy atom. The van der Waals surface area contributed by atoms with E-state index in [4.69, 9.17) is 9.47 Å². The molecule has 0 heterocycles. The van der Waals surface area contributed by atoms with E-state index in [-0.39, 0.29) is 0 Å². The molecule has 0 unspecified atom stereocenters. The van der Waals surface area contributed by atoms with Gasteiger partial charge < -0.3 is 20.1 Å². The molecule has 0 spiro atoms. The van der Waals surface area contributed by atoms with Crippen molar-refractivity contribution in [1.82, 2.24) is 10.6 Å². The van der Waals surface area contributed by atoms with Gasteiger partial charge in [-0.05, 0) is 18.6 Å². The summed E-state index contributed by atoms with van der Waals surface area (Å²) in [6, 6.07) is 7.59. The number of aliphatic imine (C=N–C) groups is 1. The van der Waals surface area contributed by atoms with Crippen molar-refractivity contribution in [3.05, 3.63) is 24.3 Å². The van der Waals surface area contributed by atoms with Gasteiger partial charge in [-0.25, -0.2) is 0 Å². The molecule has 0 aliphatic heterocycles. The number of hydrogen-bond acceptors (Lipinski definition) is 3. The molecule has 5 nitrogen and oxygen atoms in total. The van der Waals surface area contributed by atoms with Crippen LogP contribution in [0, 0.1) is 0 Å². The molecule has 0 atom stereocenters. The maximum absolute atomic E-state index is 5.64. The fraction of sp³-hybridized carbons (Fsp3) is 0.533. The fourth-order valence-corrected chi connectivity index (χ4v) is 1.63. The van der Waals surface area contributed by atoms with Gasteiger partial charge in [0.25, 0.3) is 0 Å². The topological polar surface area (TPSA) is 54.9 Å². The summed E-state index contributed by atoms with van der Waals surface area (Å²) < 4.78 is 10.8. The lowest BCUT2D eigenvalue weighted by Crippen LogP contribution is -2.39. The molecule has 1 aromatic carbocycles. The van der Waals surface area contributed by atoms with E-state index in [0.717, 1.165) is 30.4 Å². The van der Waals surface area contributed by atoms with Crippen LogP contribution in [-0.4, -0.2) is 39.8 Å². The average molecular weight is 279 g/mol. The van der Waals surface area contributed by atoms with Crippen LogP contribution in [0.25, 0.3) is 0 Å². The molecule has 0 radical (unpaired) electrons. The third-order valence-electron chi connectivity index (χ3n) is 2.75. The zero-order valence-corrected chi connectivity index (χ0v) is 12.6. The smallest absolute Gasteiger partial charge is 0.191 e. The predicted molar refractivity (Wildman–Crippen MR) is 82.8 cm³/mol. The second-order valence-corrected chi connectivity index (χ2v) is 4.31. The Labute approximate surface area is 121 Å². The second-order valence-electron chi connectivity index (χ2n) is 4.31. The van der Waals surface area contributed by atoms with Crippen LogP contribution in [-0.2, 0) is 0 Å². The van der Waals surface area contributed by atoms with Gasteiger partial charge in [0, 0.05) is 19.7 Å². The summed E-state index contributed by atoms with van der Waals surface area (Å²) in [6.07, 6.45) is 2.31. The van der Waals surface area contributed by atoms with E-state index in [1.165, 1.54) is 6.42 Å². The van der Waals surface area contributed by atoms with Crippen molar-refractivity contribution in [2.45, 2.75) is 19.8 Å². The second kappa shape index (κ2) is 9.95. The summed E-state index contributed by atoms with van der Waals surface area (Å²) in [5.41, 5.74) is 0. The number of methoxy groups -OCH3 is 1. The van der Waals surface area contributed by atoms with Gasteiger partial charge in [0.1, 0.15) is 18.1 Å². The molecular formula is C15H25N3O2. The zero-order valence-electron chi connectivity index (χ0n) is 12.6. The molecule has 20 heavy (non-hydrogen) atoms. The van der Waals surface area contributed by atoms with Crippen LogP contribution >= 0.6 is 0 Å². The first-order valence-electron chi connectivity index (χ1n) is 7.01. The van der Waals surface area contributed by atoms with E-state index in [1.807, 2.05) is 24.3 Å². The summed E-state index contributed by atoms with van der Waals surface area (Å²) >= 11 is 0. The molecule has 1 aromatic rings. The van der Waals surface area contributed by atoms with Gasteiger partial charge in [-0.3, -0.25) is 4.99 Å². The van der Waals surface area contributed by atoms with Crippen molar-refractivity contribution in [1.29, 1.82) is 0 Å². The van der Waals surface area contributed by atoms with Crippen LogP contribution in [0.2, 0.25) is 0 Å². The van der Waals surface area contributed by atoms with E-state index in [0.29, 0.717) is 13.2 Å². The fourth-order valence-electron chi connectivity index (χ4n) is 1.63. The van der Waals surface area contributed by atoms with Gasteiger partial charge in [-0.15, -0.1) is 0 Å². The summed E-state index contributed by atoms with van der Waals surface area (Å²) in [4.78, 5) is 4.15. The minimum Gasteiger partial charge on any atom is -0.497 e. The van der Waals surface area contributed by atoms with Crippen LogP contribution in [0.1, 0.15) is 19.8 Å². The van der Waals surface area contributed by atoms with Gasteiger partial charge in [-0.1, -0.05) is 19.4 Å². The maximum atomic E-state index is 5.64. The van der Waals surface area contributed by atoms with Crippen molar-refractivity contribution >= 4 is 5.96 Å². The normalized spacial score (nSPS) is 11.1. The molecule has 112 valence electrons. The van der Waals surface area contributed by atoms with Crippen LogP contribution in [0.15, 0.2) is 29.3 Å². The highest BCUT2D eigenvalue weighted by molar-refractivity contribution is 5.79. The summed E-state index contributed by atoms with van der Waals surface area (Å²) in [5.74, 6) is 2.42. The zero-order chi connectivity index (χ0) is 14.6. The first-order chi connectivity index (χ1) is 9.80. The number of unbranched alkanes of at least 4 members (excludes halogenated alkanes) is 1. The minimum atomic E-state index is 0.571. The largest absolute Gasteiger partial charge is 0.497 e. The number of nitrogens with one attached hydrogen (secondary N) is 2. The number of hydrogen-bond donors (Lipinski definition) is 2. The number of nitrogens with zero attached hydrogens (tertiary/aromatic N) is 1. The molecule has 0 aliphatic carbocycles. The number of benzene rings is 1. The Bertz CT molecular complexity index is 408. The molecule has 1 rings (SSSR count). The van der Waals surface area contributed by atoms with E-state index in [9.17, 15) is 0 Å².